The molecule has 0 aliphatic carbocycles. The van der Waals surface area contributed by atoms with Crippen molar-refractivity contribution in [2.75, 3.05) is 0 Å². The SMILES string of the molecule is C[C@H](O)C(=O)NCc1ccn(C)c1. The fourth-order valence-electron chi connectivity index (χ4n) is 1.00. The molecule has 72 valence electrons. The van der Waals surface area contributed by atoms with Gasteiger partial charge in [-0.25, -0.2) is 0 Å². The maximum Gasteiger partial charge on any atom is 0.248 e. The summed E-state index contributed by atoms with van der Waals surface area (Å²) in [4.78, 5) is 11.0. The van der Waals surface area contributed by atoms with Crippen molar-refractivity contribution in [3.8, 4) is 0 Å². The van der Waals surface area contributed by atoms with E-state index >= 15 is 0 Å². The van der Waals surface area contributed by atoms with E-state index in [2.05, 4.69) is 5.32 Å². The highest BCUT2D eigenvalue weighted by atomic mass is 16.3. The largest absolute Gasteiger partial charge is 0.384 e. The molecule has 0 aliphatic heterocycles. The molecule has 1 heterocycles. The van der Waals surface area contributed by atoms with Crippen LogP contribution in [-0.4, -0.2) is 21.7 Å². The number of amides is 1. The topological polar surface area (TPSA) is 54.3 Å². The molecular weight excluding hydrogens is 168 g/mol. The summed E-state index contributed by atoms with van der Waals surface area (Å²) in [6, 6.07) is 1.92. The van der Waals surface area contributed by atoms with Crippen LogP contribution >= 0.6 is 0 Å². The Morgan fingerprint density at radius 2 is 2.46 bits per heavy atom. The van der Waals surface area contributed by atoms with E-state index < -0.39 is 6.10 Å². The van der Waals surface area contributed by atoms with E-state index in [1.165, 1.54) is 6.92 Å². The molecule has 0 spiro atoms. The van der Waals surface area contributed by atoms with Crippen molar-refractivity contribution in [1.82, 2.24) is 9.88 Å². The molecule has 1 atom stereocenters. The number of rotatable bonds is 3. The van der Waals surface area contributed by atoms with Crippen molar-refractivity contribution in [2.45, 2.75) is 19.6 Å². The maximum absolute atomic E-state index is 11.0. The average molecular weight is 182 g/mol. The molecule has 0 saturated carbocycles. The maximum atomic E-state index is 11.0. The summed E-state index contributed by atoms with van der Waals surface area (Å²) in [5, 5.41) is 11.5. The zero-order valence-electron chi connectivity index (χ0n) is 7.82. The lowest BCUT2D eigenvalue weighted by Gasteiger charge is -2.04. The Kier molecular flexibility index (Phi) is 3.08. The van der Waals surface area contributed by atoms with Crippen LogP contribution in [0.15, 0.2) is 18.5 Å². The first-order chi connectivity index (χ1) is 6.09. The third kappa shape index (κ3) is 2.91. The zero-order valence-corrected chi connectivity index (χ0v) is 7.82. The highest BCUT2D eigenvalue weighted by Gasteiger charge is 2.07. The van der Waals surface area contributed by atoms with Crippen LogP contribution in [0.4, 0.5) is 0 Å². The van der Waals surface area contributed by atoms with Crippen LogP contribution in [0.2, 0.25) is 0 Å². The van der Waals surface area contributed by atoms with Gasteiger partial charge in [-0.3, -0.25) is 4.79 Å². The number of nitrogens with zero attached hydrogens (tertiary/aromatic N) is 1. The lowest BCUT2D eigenvalue weighted by Crippen LogP contribution is -2.31. The van der Waals surface area contributed by atoms with Crippen molar-refractivity contribution < 1.29 is 9.90 Å². The van der Waals surface area contributed by atoms with Crippen molar-refractivity contribution in [3.05, 3.63) is 24.0 Å². The van der Waals surface area contributed by atoms with Crippen LogP contribution in [0.25, 0.3) is 0 Å². The van der Waals surface area contributed by atoms with Crippen LogP contribution in [0.3, 0.4) is 0 Å². The third-order valence-corrected chi connectivity index (χ3v) is 1.74. The second-order valence-corrected chi connectivity index (χ2v) is 3.08. The molecule has 0 aromatic carbocycles. The average Bonchev–Trinajstić information content (AvgIpc) is 2.47. The summed E-state index contributed by atoms with van der Waals surface area (Å²) in [5.74, 6) is -0.344. The molecule has 0 bridgehead atoms. The number of aliphatic hydroxyl groups is 1. The third-order valence-electron chi connectivity index (χ3n) is 1.74. The Hall–Kier alpha value is -1.29. The molecule has 0 radical (unpaired) electrons. The zero-order chi connectivity index (χ0) is 9.84. The minimum atomic E-state index is -0.941. The second-order valence-electron chi connectivity index (χ2n) is 3.08. The summed E-state index contributed by atoms with van der Waals surface area (Å²) < 4.78 is 1.91. The van der Waals surface area contributed by atoms with E-state index in [0.717, 1.165) is 5.56 Å². The Morgan fingerprint density at radius 3 is 2.92 bits per heavy atom. The molecule has 0 fully saturated rings. The number of carbonyl (C=O) groups excluding carboxylic acids is 1. The van der Waals surface area contributed by atoms with Crippen LogP contribution in [-0.2, 0) is 18.4 Å². The predicted molar refractivity (Wildman–Crippen MR) is 48.9 cm³/mol. The van der Waals surface area contributed by atoms with Crippen LogP contribution in [0.1, 0.15) is 12.5 Å². The van der Waals surface area contributed by atoms with E-state index in [0.29, 0.717) is 6.54 Å². The molecule has 0 aliphatic rings. The van der Waals surface area contributed by atoms with E-state index in [-0.39, 0.29) is 5.91 Å². The van der Waals surface area contributed by atoms with Gasteiger partial charge in [-0.1, -0.05) is 0 Å². The van der Waals surface area contributed by atoms with Gasteiger partial charge in [-0.15, -0.1) is 0 Å². The lowest BCUT2D eigenvalue weighted by molar-refractivity contribution is -0.128. The lowest BCUT2D eigenvalue weighted by atomic mass is 10.3. The summed E-state index contributed by atoms with van der Waals surface area (Å²) in [6.45, 7) is 1.91. The fraction of sp³-hybridized carbons (Fsp3) is 0.444. The number of hydrogen-bond acceptors (Lipinski definition) is 2. The van der Waals surface area contributed by atoms with Gasteiger partial charge < -0.3 is 15.0 Å². The number of nitrogens with one attached hydrogen (secondary N) is 1. The Morgan fingerprint density at radius 1 is 1.77 bits per heavy atom. The minimum Gasteiger partial charge on any atom is -0.384 e. The number of carbonyl (C=O) groups is 1. The van der Waals surface area contributed by atoms with E-state index in [9.17, 15) is 4.79 Å². The first kappa shape index (κ1) is 9.80. The van der Waals surface area contributed by atoms with Crippen molar-refractivity contribution >= 4 is 5.91 Å². The molecule has 1 aromatic heterocycles. The van der Waals surface area contributed by atoms with E-state index in [1.54, 1.807) is 0 Å². The van der Waals surface area contributed by atoms with Gasteiger partial charge in [-0.2, -0.15) is 0 Å². The van der Waals surface area contributed by atoms with Gasteiger partial charge in [0.2, 0.25) is 5.91 Å². The van der Waals surface area contributed by atoms with Crippen LogP contribution < -0.4 is 5.32 Å². The first-order valence-electron chi connectivity index (χ1n) is 4.16. The molecule has 4 heteroatoms. The van der Waals surface area contributed by atoms with Crippen molar-refractivity contribution in [1.29, 1.82) is 0 Å². The molecule has 0 saturated heterocycles. The standard InChI is InChI=1S/C9H14N2O2/c1-7(12)9(13)10-5-8-3-4-11(2)6-8/h3-4,6-7,12H,5H2,1-2H3,(H,10,13)/t7-/m0/s1. The summed E-state index contributed by atoms with van der Waals surface area (Å²) >= 11 is 0. The number of aliphatic hydroxyl groups excluding tert-OH is 1. The molecule has 1 aromatic rings. The van der Waals surface area contributed by atoms with E-state index in [4.69, 9.17) is 5.11 Å². The van der Waals surface area contributed by atoms with Gasteiger partial charge >= 0.3 is 0 Å². The molecular formula is C9H14N2O2. The van der Waals surface area contributed by atoms with Crippen LogP contribution in [0, 0.1) is 0 Å². The molecule has 0 unspecified atom stereocenters. The molecule has 2 N–H and O–H groups in total. The smallest absolute Gasteiger partial charge is 0.248 e. The summed E-state index contributed by atoms with van der Waals surface area (Å²) in [5.41, 5.74) is 1.02. The fourth-order valence-corrected chi connectivity index (χ4v) is 1.00. The van der Waals surface area contributed by atoms with E-state index in [1.807, 2.05) is 30.1 Å². The van der Waals surface area contributed by atoms with Crippen molar-refractivity contribution in [3.63, 3.8) is 0 Å². The highest BCUT2D eigenvalue weighted by Crippen LogP contribution is 1.98. The minimum absolute atomic E-state index is 0.344. The van der Waals surface area contributed by atoms with Gasteiger partial charge in [0, 0.05) is 26.0 Å². The normalized spacial score (nSPS) is 12.5. The molecule has 4 nitrogen and oxygen atoms in total. The number of aryl methyl sites for hydroxylation is 1. The Bertz CT molecular complexity index is 292. The van der Waals surface area contributed by atoms with Gasteiger partial charge in [0.25, 0.3) is 0 Å². The van der Waals surface area contributed by atoms with Crippen LogP contribution in [0.5, 0.6) is 0 Å². The summed E-state index contributed by atoms with van der Waals surface area (Å²) in [6.07, 6.45) is 2.88. The number of hydrogen-bond donors (Lipinski definition) is 2. The first-order valence-corrected chi connectivity index (χ1v) is 4.16. The van der Waals surface area contributed by atoms with Crippen molar-refractivity contribution in [2.24, 2.45) is 7.05 Å². The highest BCUT2D eigenvalue weighted by molar-refractivity contribution is 5.79. The number of aromatic nitrogens is 1. The van der Waals surface area contributed by atoms with Gasteiger partial charge in [-0.05, 0) is 18.6 Å². The molecule has 1 rings (SSSR count). The Labute approximate surface area is 77.2 Å². The summed E-state index contributed by atoms with van der Waals surface area (Å²) in [7, 11) is 1.92. The Balaban J connectivity index is 2.39. The monoisotopic (exact) mass is 182 g/mol. The predicted octanol–water partition coefficient (Wildman–Crippen LogP) is 0.0221. The molecule has 13 heavy (non-hydrogen) atoms. The quantitative estimate of drug-likeness (QED) is 0.692. The molecule has 1 amide bonds. The van der Waals surface area contributed by atoms with Gasteiger partial charge in [0.1, 0.15) is 6.10 Å². The van der Waals surface area contributed by atoms with Gasteiger partial charge in [0.15, 0.2) is 0 Å². The van der Waals surface area contributed by atoms with Gasteiger partial charge in [0.05, 0.1) is 0 Å². The second kappa shape index (κ2) is 4.09.